The van der Waals surface area contributed by atoms with Crippen molar-refractivity contribution < 1.29 is 13.9 Å². The summed E-state index contributed by atoms with van der Waals surface area (Å²) in [6.45, 7) is 1.95. The molecule has 0 aromatic heterocycles. The van der Waals surface area contributed by atoms with Crippen LogP contribution in [0.15, 0.2) is 22.7 Å². The van der Waals surface area contributed by atoms with Crippen LogP contribution in [0, 0.1) is 12.8 Å². The van der Waals surface area contributed by atoms with Gasteiger partial charge in [-0.1, -0.05) is 28.1 Å². The first-order valence-electron chi connectivity index (χ1n) is 6.19. The van der Waals surface area contributed by atoms with E-state index in [0.29, 0.717) is 12.8 Å². The molecule has 0 radical (unpaired) electrons. The minimum Gasteiger partial charge on any atom is -0.388 e. The molecule has 18 heavy (non-hydrogen) atoms. The van der Waals surface area contributed by atoms with Crippen LogP contribution in [0.4, 0.5) is 8.78 Å². The molecule has 1 N–H and O–H groups in total. The molecule has 1 aliphatic rings. The Hall–Kier alpha value is -0.480. The predicted molar refractivity (Wildman–Crippen MR) is 70.7 cm³/mol. The zero-order valence-corrected chi connectivity index (χ0v) is 11.9. The van der Waals surface area contributed by atoms with E-state index in [1.807, 2.05) is 25.1 Å². The van der Waals surface area contributed by atoms with Gasteiger partial charge in [-0.2, -0.15) is 0 Å². The Balaban J connectivity index is 1.99. The molecule has 2 atom stereocenters. The summed E-state index contributed by atoms with van der Waals surface area (Å²) in [6, 6.07) is 5.63. The van der Waals surface area contributed by atoms with E-state index < -0.39 is 12.0 Å². The lowest BCUT2D eigenvalue weighted by molar-refractivity contribution is 0.00254. The normalized spacial score (nSPS) is 24.2. The van der Waals surface area contributed by atoms with Gasteiger partial charge >= 0.3 is 0 Å². The smallest absolute Gasteiger partial charge is 0.248 e. The first kappa shape index (κ1) is 13.9. The number of aliphatic hydroxyl groups excluding tert-OH is 1. The highest BCUT2D eigenvalue weighted by molar-refractivity contribution is 9.10. The standard InChI is InChI=1S/C14H17BrF2O/c1-9-6-11(2-3-12(9)15)13(18)7-10-4-5-14(16,17)8-10/h2-3,6,10,13,18H,4-5,7-8H2,1H3. The number of alkyl halides is 2. The highest BCUT2D eigenvalue weighted by Gasteiger charge is 2.39. The van der Waals surface area contributed by atoms with Gasteiger partial charge in [-0.15, -0.1) is 0 Å². The topological polar surface area (TPSA) is 20.2 Å². The summed E-state index contributed by atoms with van der Waals surface area (Å²) < 4.78 is 27.1. The Kier molecular flexibility index (Phi) is 4.07. The molecule has 1 saturated carbocycles. The van der Waals surface area contributed by atoms with E-state index in [4.69, 9.17) is 0 Å². The summed E-state index contributed by atoms with van der Waals surface area (Å²) in [5.41, 5.74) is 1.86. The van der Waals surface area contributed by atoms with Crippen LogP contribution in [0.5, 0.6) is 0 Å². The lowest BCUT2D eigenvalue weighted by atomic mass is 9.95. The van der Waals surface area contributed by atoms with Gasteiger partial charge in [-0.3, -0.25) is 0 Å². The summed E-state index contributed by atoms with van der Waals surface area (Å²) in [5, 5.41) is 10.1. The Morgan fingerprint density at radius 2 is 2.22 bits per heavy atom. The molecule has 0 bridgehead atoms. The first-order chi connectivity index (χ1) is 8.37. The molecule has 0 aliphatic heterocycles. The number of aliphatic hydroxyl groups is 1. The van der Waals surface area contributed by atoms with Crippen LogP contribution in [0.2, 0.25) is 0 Å². The van der Waals surface area contributed by atoms with Crippen molar-refractivity contribution in [3.63, 3.8) is 0 Å². The Morgan fingerprint density at radius 1 is 1.50 bits per heavy atom. The third-order valence-electron chi connectivity index (χ3n) is 3.63. The third-order valence-corrected chi connectivity index (χ3v) is 4.52. The van der Waals surface area contributed by atoms with Crippen molar-refractivity contribution in [1.29, 1.82) is 0 Å². The Labute approximate surface area is 114 Å². The summed E-state index contributed by atoms with van der Waals surface area (Å²) in [6.07, 6.45) is 0.176. The molecule has 0 amide bonds. The number of hydrogen-bond acceptors (Lipinski definition) is 1. The molecule has 2 unspecified atom stereocenters. The molecule has 4 heteroatoms. The molecule has 1 aliphatic carbocycles. The molecule has 1 nitrogen and oxygen atoms in total. The van der Waals surface area contributed by atoms with Crippen molar-refractivity contribution in [2.45, 2.75) is 44.6 Å². The van der Waals surface area contributed by atoms with Gasteiger partial charge in [0, 0.05) is 17.3 Å². The van der Waals surface area contributed by atoms with E-state index >= 15 is 0 Å². The number of halogens is 3. The zero-order valence-electron chi connectivity index (χ0n) is 10.3. The molecule has 1 aromatic carbocycles. The van der Waals surface area contributed by atoms with Crippen molar-refractivity contribution in [3.05, 3.63) is 33.8 Å². The number of aryl methyl sites for hydroxylation is 1. The average molecular weight is 319 g/mol. The molecule has 1 fully saturated rings. The Bertz CT molecular complexity index is 434. The molecular weight excluding hydrogens is 302 g/mol. The van der Waals surface area contributed by atoms with E-state index in [0.717, 1.165) is 15.6 Å². The minimum atomic E-state index is -2.53. The maximum Gasteiger partial charge on any atom is 0.248 e. The van der Waals surface area contributed by atoms with Gasteiger partial charge in [-0.25, -0.2) is 8.78 Å². The number of hydrogen-bond donors (Lipinski definition) is 1. The van der Waals surface area contributed by atoms with Gasteiger partial charge in [0.2, 0.25) is 5.92 Å². The fourth-order valence-corrected chi connectivity index (χ4v) is 2.82. The van der Waals surface area contributed by atoms with Crippen molar-refractivity contribution in [3.8, 4) is 0 Å². The molecule has 0 heterocycles. The van der Waals surface area contributed by atoms with Crippen molar-refractivity contribution in [2.24, 2.45) is 5.92 Å². The largest absolute Gasteiger partial charge is 0.388 e. The van der Waals surface area contributed by atoms with Crippen LogP contribution >= 0.6 is 15.9 Å². The van der Waals surface area contributed by atoms with Gasteiger partial charge in [0.1, 0.15) is 0 Å². The predicted octanol–water partition coefficient (Wildman–Crippen LogP) is 4.62. The monoisotopic (exact) mass is 318 g/mol. The van der Waals surface area contributed by atoms with E-state index in [1.54, 1.807) is 0 Å². The van der Waals surface area contributed by atoms with Gasteiger partial charge in [0.05, 0.1) is 6.10 Å². The van der Waals surface area contributed by atoms with Crippen molar-refractivity contribution >= 4 is 15.9 Å². The van der Waals surface area contributed by atoms with E-state index in [2.05, 4.69) is 15.9 Å². The summed E-state index contributed by atoms with van der Waals surface area (Å²) >= 11 is 3.40. The highest BCUT2D eigenvalue weighted by Crippen LogP contribution is 2.42. The second-order valence-corrected chi connectivity index (χ2v) is 6.08. The minimum absolute atomic E-state index is 0.0379. The zero-order chi connectivity index (χ0) is 13.3. The summed E-state index contributed by atoms with van der Waals surface area (Å²) in [7, 11) is 0. The maximum absolute atomic E-state index is 13.1. The maximum atomic E-state index is 13.1. The SMILES string of the molecule is Cc1cc(C(O)CC2CCC(F)(F)C2)ccc1Br. The molecule has 100 valence electrons. The molecule has 2 rings (SSSR count). The van der Waals surface area contributed by atoms with Gasteiger partial charge in [0.15, 0.2) is 0 Å². The van der Waals surface area contributed by atoms with Crippen LogP contribution in [0.3, 0.4) is 0 Å². The second kappa shape index (κ2) is 5.25. The first-order valence-corrected chi connectivity index (χ1v) is 6.98. The average Bonchev–Trinajstić information content (AvgIpc) is 2.62. The lowest BCUT2D eigenvalue weighted by Crippen LogP contribution is -2.11. The quantitative estimate of drug-likeness (QED) is 0.862. The molecular formula is C14H17BrF2O. The third kappa shape index (κ3) is 3.29. The highest BCUT2D eigenvalue weighted by atomic mass is 79.9. The fourth-order valence-electron chi connectivity index (χ4n) is 2.57. The van der Waals surface area contributed by atoms with Gasteiger partial charge in [0.25, 0.3) is 0 Å². The fraction of sp³-hybridized carbons (Fsp3) is 0.571. The van der Waals surface area contributed by atoms with Crippen LogP contribution in [-0.2, 0) is 0 Å². The second-order valence-electron chi connectivity index (χ2n) is 5.22. The van der Waals surface area contributed by atoms with Crippen LogP contribution in [0.1, 0.15) is 42.9 Å². The Morgan fingerprint density at radius 3 is 2.78 bits per heavy atom. The molecule has 0 spiro atoms. The number of benzene rings is 1. The van der Waals surface area contributed by atoms with Crippen molar-refractivity contribution in [2.75, 3.05) is 0 Å². The van der Waals surface area contributed by atoms with Gasteiger partial charge < -0.3 is 5.11 Å². The van der Waals surface area contributed by atoms with E-state index in [9.17, 15) is 13.9 Å². The van der Waals surface area contributed by atoms with Crippen LogP contribution in [-0.4, -0.2) is 11.0 Å². The lowest BCUT2D eigenvalue weighted by Gasteiger charge is -2.17. The van der Waals surface area contributed by atoms with Crippen LogP contribution < -0.4 is 0 Å². The van der Waals surface area contributed by atoms with Gasteiger partial charge in [-0.05, 0) is 42.9 Å². The summed E-state index contributed by atoms with van der Waals surface area (Å²) in [4.78, 5) is 0. The van der Waals surface area contributed by atoms with Crippen molar-refractivity contribution in [1.82, 2.24) is 0 Å². The molecule has 1 aromatic rings. The van der Waals surface area contributed by atoms with E-state index in [-0.39, 0.29) is 18.8 Å². The van der Waals surface area contributed by atoms with Crippen LogP contribution in [0.25, 0.3) is 0 Å². The number of rotatable bonds is 3. The molecule has 0 saturated heterocycles. The summed E-state index contributed by atoms with van der Waals surface area (Å²) in [5.74, 6) is -2.60. The van der Waals surface area contributed by atoms with E-state index in [1.165, 1.54) is 0 Å².